The highest BCUT2D eigenvalue weighted by molar-refractivity contribution is 8.77. The van der Waals surface area contributed by atoms with Crippen LogP contribution < -0.4 is 22.1 Å². The van der Waals surface area contributed by atoms with Gasteiger partial charge in [-0.1, -0.05) is 104 Å². The van der Waals surface area contributed by atoms with Gasteiger partial charge in [0.05, 0.1) is 25.0 Å². The number of nitrogens with one attached hydrogen (secondary N) is 2. The number of carbonyl (C=O) groups excluding carboxylic acids is 6. The molecule has 2 aromatic rings. The number of amides is 2. The Morgan fingerprint density at radius 1 is 0.554 bits per heavy atom. The van der Waals surface area contributed by atoms with Crippen LogP contribution in [0.15, 0.2) is 72.8 Å². The molecule has 74 heavy (non-hydrogen) atoms. The van der Waals surface area contributed by atoms with E-state index < -0.39 is 48.8 Å². The molecule has 2 aromatic carbocycles. The predicted molar refractivity (Wildman–Crippen MR) is 297 cm³/mol. The summed E-state index contributed by atoms with van der Waals surface area (Å²) >= 11 is 3.56. The van der Waals surface area contributed by atoms with Crippen molar-refractivity contribution in [1.29, 1.82) is 0 Å². The summed E-state index contributed by atoms with van der Waals surface area (Å²) in [5, 5.41) is 20.9. The van der Waals surface area contributed by atoms with E-state index in [2.05, 4.69) is 32.6 Å². The third kappa shape index (κ3) is 39.9. The van der Waals surface area contributed by atoms with Gasteiger partial charge in [-0.05, 0) is 74.7 Å². The van der Waals surface area contributed by atoms with E-state index >= 15 is 0 Å². The number of esters is 2. The molecule has 0 saturated heterocycles. The fraction of sp³-hybridized carbons (Fsp3) is 0.542. The van der Waals surface area contributed by atoms with Gasteiger partial charge in [0.1, 0.15) is 13.1 Å². The summed E-state index contributed by atoms with van der Waals surface area (Å²) in [6, 6.07) is 19.7. The first-order valence-corrected chi connectivity index (χ1v) is 30.9. The zero-order valence-electron chi connectivity index (χ0n) is 42.5. The van der Waals surface area contributed by atoms with E-state index in [0.717, 1.165) is 47.0 Å². The molecule has 2 amide bonds. The molecule has 0 heterocycles. The second-order valence-electron chi connectivity index (χ2n) is 15.2. The van der Waals surface area contributed by atoms with Crippen LogP contribution in [0.2, 0.25) is 0 Å². The molecule has 26 heteroatoms. The fourth-order valence-electron chi connectivity index (χ4n) is 5.31. The molecule has 0 aromatic heterocycles. The van der Waals surface area contributed by atoms with Crippen molar-refractivity contribution in [2.45, 2.75) is 78.0 Å². The van der Waals surface area contributed by atoms with Gasteiger partial charge in [-0.25, -0.2) is 19.2 Å². The third-order valence-corrected chi connectivity index (χ3v) is 15.3. The molecular formula is C48H72N4O16S6. The van der Waals surface area contributed by atoms with Crippen LogP contribution in [0.1, 0.15) is 51.7 Å². The van der Waals surface area contributed by atoms with E-state index in [-0.39, 0.29) is 62.0 Å². The van der Waals surface area contributed by atoms with Crippen LogP contribution in [-0.4, -0.2) is 156 Å². The van der Waals surface area contributed by atoms with Crippen LogP contribution in [-0.2, 0) is 70.0 Å². The molecule has 0 aliphatic heterocycles. The molecule has 0 fully saturated rings. The fourth-order valence-corrected chi connectivity index (χ4v) is 11.5. The lowest BCUT2D eigenvalue weighted by atomic mass is 10.0. The molecule has 0 radical (unpaired) electrons. The number of carboxylic acids is 2. The summed E-state index contributed by atoms with van der Waals surface area (Å²) in [7, 11) is 6.54. The first-order chi connectivity index (χ1) is 35.3. The van der Waals surface area contributed by atoms with Gasteiger partial charge < -0.3 is 60.7 Å². The van der Waals surface area contributed by atoms with E-state index in [0.29, 0.717) is 36.5 Å². The largest absolute Gasteiger partial charge is 0.511 e. The van der Waals surface area contributed by atoms with Crippen molar-refractivity contribution in [3.05, 3.63) is 83.9 Å². The summed E-state index contributed by atoms with van der Waals surface area (Å²) in [5.41, 5.74) is 14.3. The van der Waals surface area contributed by atoms with Gasteiger partial charge in [0.2, 0.25) is 24.4 Å². The minimum absolute atomic E-state index is 0.130. The number of rotatable bonds is 34. The minimum atomic E-state index is -1.26. The molecule has 0 aliphatic rings. The highest BCUT2D eigenvalue weighted by Gasteiger charge is 2.24. The summed E-state index contributed by atoms with van der Waals surface area (Å²) in [5.74, 6) is -0.205. The number of hydrogen-bond acceptors (Lipinski definition) is 22. The molecule has 0 bridgehead atoms. The van der Waals surface area contributed by atoms with Crippen LogP contribution in [0.3, 0.4) is 0 Å². The van der Waals surface area contributed by atoms with Crippen LogP contribution in [0, 0.1) is 11.8 Å². The SMILES string of the molecule is CCOC(=O)OC(C)OC(=O)CNC(=O)C(CSSCC(N)CCSC)Cc1ccccc1.CCOC(=O)OC(C)OC(=O)CNC(=O)C(CSSCC(N)CCSC)Cc1ccccc1.O=C(O)/C=C/C(=O)O. The summed E-state index contributed by atoms with van der Waals surface area (Å²) in [6.45, 7) is 5.72. The molecule has 0 spiro atoms. The van der Waals surface area contributed by atoms with Gasteiger partial charge in [0.15, 0.2) is 0 Å². The zero-order valence-corrected chi connectivity index (χ0v) is 47.4. The van der Waals surface area contributed by atoms with E-state index in [9.17, 15) is 38.4 Å². The van der Waals surface area contributed by atoms with Crippen molar-refractivity contribution in [2.75, 3.05) is 73.3 Å². The van der Waals surface area contributed by atoms with Crippen molar-refractivity contribution < 1.29 is 77.0 Å². The smallest absolute Gasteiger partial charge is 0.478 e. The molecule has 6 atom stereocenters. The maximum atomic E-state index is 12.8. The Hall–Kier alpha value is -4.44. The summed E-state index contributed by atoms with van der Waals surface area (Å²) in [4.78, 5) is 91.2. The second kappa shape index (κ2) is 44.8. The monoisotopic (exact) mass is 1150 g/mol. The molecular weight excluding hydrogens is 1080 g/mol. The molecule has 0 saturated carbocycles. The Kier molecular flexibility index (Phi) is 42.1. The average molecular weight is 1150 g/mol. The Labute approximate surface area is 458 Å². The molecule has 20 nitrogen and oxygen atoms in total. The van der Waals surface area contributed by atoms with Gasteiger partial charge in [-0.15, -0.1) is 0 Å². The standard InChI is InChI=1S/2C22H34N2O6S3.C4H4O4/c2*1-4-28-22(27)30-16(2)29-20(25)13-24-21(26)18(12-17-8-6-5-7-9-17)14-32-33-15-19(23)10-11-31-3;5-3(6)1-2-4(7)8/h2*5-9,16,18-19H,4,10-15,23H2,1-3H3,(H,24,26);1-2H,(H,5,6)(H,7,8)/b;;2-1+. The van der Waals surface area contributed by atoms with Crippen LogP contribution in [0.4, 0.5) is 9.59 Å². The Balaban J connectivity index is 0.00000125. The lowest BCUT2D eigenvalue weighted by Crippen LogP contribution is -2.38. The third-order valence-electron chi connectivity index (χ3n) is 8.87. The number of ether oxygens (including phenoxy) is 6. The Bertz CT molecular complexity index is 1810. The van der Waals surface area contributed by atoms with Crippen molar-refractivity contribution in [3.63, 3.8) is 0 Å². The normalized spacial score (nSPS) is 13.0. The van der Waals surface area contributed by atoms with Gasteiger partial charge in [0, 0.05) is 61.1 Å². The minimum Gasteiger partial charge on any atom is -0.478 e. The molecule has 0 aliphatic carbocycles. The van der Waals surface area contributed by atoms with Gasteiger partial charge in [0.25, 0.3) is 0 Å². The number of thioether (sulfide) groups is 2. The number of nitrogens with two attached hydrogens (primary N) is 2. The maximum Gasteiger partial charge on any atom is 0.511 e. The Morgan fingerprint density at radius 3 is 1.20 bits per heavy atom. The topological polar surface area (TPSA) is 308 Å². The van der Waals surface area contributed by atoms with Crippen molar-refractivity contribution in [1.82, 2.24) is 10.6 Å². The van der Waals surface area contributed by atoms with Crippen LogP contribution in [0.25, 0.3) is 0 Å². The highest BCUT2D eigenvalue weighted by Crippen LogP contribution is 2.28. The molecule has 8 N–H and O–H groups in total. The van der Waals surface area contributed by atoms with E-state index in [1.54, 1.807) is 80.5 Å². The first kappa shape index (κ1) is 69.6. The number of aliphatic carboxylic acids is 2. The van der Waals surface area contributed by atoms with Gasteiger partial charge in [-0.3, -0.25) is 19.2 Å². The first-order valence-electron chi connectivity index (χ1n) is 23.1. The lowest BCUT2D eigenvalue weighted by molar-refractivity contribution is -0.168. The molecule has 2 rings (SSSR count). The van der Waals surface area contributed by atoms with E-state index in [4.69, 9.17) is 40.6 Å². The lowest BCUT2D eigenvalue weighted by Gasteiger charge is -2.18. The van der Waals surface area contributed by atoms with Crippen molar-refractivity contribution in [2.24, 2.45) is 23.3 Å². The number of carboxylic acid groups (broad SMARTS) is 2. The summed E-state index contributed by atoms with van der Waals surface area (Å²) < 4.78 is 28.7. The van der Waals surface area contributed by atoms with Gasteiger partial charge >= 0.3 is 36.2 Å². The highest BCUT2D eigenvalue weighted by atomic mass is 33.1. The Morgan fingerprint density at radius 2 is 0.892 bits per heavy atom. The quantitative estimate of drug-likeness (QED) is 0.0106. The number of hydrogen-bond donors (Lipinski definition) is 6. The zero-order chi connectivity index (χ0) is 55.5. The average Bonchev–Trinajstić information content (AvgIpc) is 3.35. The molecule has 6 unspecified atom stereocenters. The second-order valence-corrected chi connectivity index (χ2v) is 22.2. The number of benzene rings is 2. The van der Waals surface area contributed by atoms with Crippen molar-refractivity contribution in [3.8, 4) is 0 Å². The predicted octanol–water partition coefficient (Wildman–Crippen LogP) is 6.68. The summed E-state index contributed by atoms with van der Waals surface area (Å²) in [6.07, 6.45) is 4.19. The maximum absolute atomic E-state index is 12.8. The van der Waals surface area contributed by atoms with Crippen molar-refractivity contribution >= 4 is 115 Å². The van der Waals surface area contributed by atoms with Crippen LogP contribution >= 0.6 is 66.7 Å². The van der Waals surface area contributed by atoms with Crippen LogP contribution in [0.5, 0.6) is 0 Å². The molecule has 416 valence electrons. The van der Waals surface area contributed by atoms with E-state index in [1.165, 1.54) is 13.8 Å². The number of carbonyl (C=O) groups is 8. The van der Waals surface area contributed by atoms with Gasteiger partial charge in [-0.2, -0.15) is 23.5 Å². The van der Waals surface area contributed by atoms with E-state index in [1.807, 2.05) is 60.7 Å².